The standard InChI is InChI=1S/C7H9Cl2NO4S2/c1-6(15(8,11)12)4-2-3-5-7(6,10)16(9,13)14/h2-5H,10H2,1H3. The van der Waals surface area contributed by atoms with E-state index in [9.17, 15) is 16.8 Å². The van der Waals surface area contributed by atoms with Crippen LogP contribution in [-0.2, 0) is 18.1 Å². The molecule has 2 atom stereocenters. The molecule has 0 saturated carbocycles. The summed E-state index contributed by atoms with van der Waals surface area (Å²) in [4.78, 5) is -2.29. The van der Waals surface area contributed by atoms with Crippen LogP contribution in [0.5, 0.6) is 0 Å². The third kappa shape index (κ3) is 1.80. The van der Waals surface area contributed by atoms with Crippen molar-refractivity contribution < 1.29 is 16.8 Å². The molecule has 0 aromatic heterocycles. The Morgan fingerprint density at radius 2 is 1.44 bits per heavy atom. The highest BCUT2D eigenvalue weighted by Gasteiger charge is 2.59. The molecule has 1 aliphatic rings. The lowest BCUT2D eigenvalue weighted by Gasteiger charge is -2.38. The lowest BCUT2D eigenvalue weighted by Crippen LogP contribution is -2.63. The van der Waals surface area contributed by atoms with Gasteiger partial charge >= 0.3 is 0 Å². The van der Waals surface area contributed by atoms with Gasteiger partial charge in [-0.05, 0) is 13.0 Å². The van der Waals surface area contributed by atoms with Crippen molar-refractivity contribution in [2.45, 2.75) is 16.5 Å². The first-order valence-electron chi connectivity index (χ1n) is 4.00. The SMILES string of the molecule is CC1(S(=O)(=O)Cl)C=CC=CC1(N)S(=O)(=O)Cl. The molecule has 2 unspecified atom stereocenters. The summed E-state index contributed by atoms with van der Waals surface area (Å²) in [6, 6.07) is 0. The van der Waals surface area contributed by atoms with Gasteiger partial charge in [0.2, 0.25) is 9.05 Å². The van der Waals surface area contributed by atoms with Crippen LogP contribution in [0.25, 0.3) is 0 Å². The lowest BCUT2D eigenvalue weighted by molar-refractivity contribution is 0.504. The molecule has 0 spiro atoms. The van der Waals surface area contributed by atoms with Crippen molar-refractivity contribution in [1.29, 1.82) is 0 Å². The van der Waals surface area contributed by atoms with Gasteiger partial charge in [0.25, 0.3) is 9.05 Å². The van der Waals surface area contributed by atoms with Crippen molar-refractivity contribution in [1.82, 2.24) is 0 Å². The topological polar surface area (TPSA) is 94.3 Å². The van der Waals surface area contributed by atoms with Crippen LogP contribution in [0.15, 0.2) is 24.3 Å². The van der Waals surface area contributed by atoms with Gasteiger partial charge in [0.1, 0.15) is 4.75 Å². The third-order valence-corrected chi connectivity index (χ3v) is 7.27. The minimum Gasteiger partial charge on any atom is -0.307 e. The van der Waals surface area contributed by atoms with Gasteiger partial charge in [-0.25, -0.2) is 16.8 Å². The van der Waals surface area contributed by atoms with Crippen LogP contribution >= 0.6 is 21.4 Å². The summed E-state index contributed by atoms with van der Waals surface area (Å²) in [5, 5.41) is 0. The zero-order valence-electron chi connectivity index (χ0n) is 8.09. The van der Waals surface area contributed by atoms with Crippen molar-refractivity contribution in [3.8, 4) is 0 Å². The Bertz CT molecular complexity index is 513. The van der Waals surface area contributed by atoms with E-state index in [4.69, 9.17) is 27.1 Å². The minimum atomic E-state index is -4.37. The summed E-state index contributed by atoms with van der Waals surface area (Å²) in [7, 11) is 1.77. The van der Waals surface area contributed by atoms with E-state index in [2.05, 4.69) is 0 Å². The van der Waals surface area contributed by atoms with Gasteiger partial charge in [-0.1, -0.05) is 18.2 Å². The molecule has 92 valence electrons. The predicted molar refractivity (Wildman–Crippen MR) is 63.1 cm³/mol. The highest BCUT2D eigenvalue weighted by molar-refractivity contribution is 8.18. The Kier molecular flexibility index (Phi) is 3.24. The van der Waals surface area contributed by atoms with Gasteiger partial charge in [0.05, 0.1) is 0 Å². The Morgan fingerprint density at radius 1 is 1.00 bits per heavy atom. The summed E-state index contributed by atoms with van der Waals surface area (Å²) in [6.07, 6.45) is 4.72. The average Bonchev–Trinajstić information content (AvgIpc) is 2.06. The molecule has 16 heavy (non-hydrogen) atoms. The van der Waals surface area contributed by atoms with Crippen molar-refractivity contribution in [2.75, 3.05) is 0 Å². The highest BCUT2D eigenvalue weighted by Crippen LogP contribution is 2.41. The smallest absolute Gasteiger partial charge is 0.256 e. The molecule has 1 aliphatic carbocycles. The second kappa shape index (κ2) is 3.71. The van der Waals surface area contributed by atoms with E-state index < -0.39 is 27.7 Å². The maximum absolute atomic E-state index is 11.4. The quantitative estimate of drug-likeness (QED) is 0.756. The van der Waals surface area contributed by atoms with Crippen LogP contribution in [0, 0.1) is 0 Å². The highest BCUT2D eigenvalue weighted by atomic mass is 35.7. The van der Waals surface area contributed by atoms with Crippen molar-refractivity contribution in [3.63, 3.8) is 0 Å². The summed E-state index contributed by atoms with van der Waals surface area (Å²) in [5.41, 5.74) is 5.58. The van der Waals surface area contributed by atoms with Gasteiger partial charge in [-0.2, -0.15) is 0 Å². The zero-order valence-corrected chi connectivity index (χ0v) is 11.2. The zero-order chi connectivity index (χ0) is 12.8. The number of halogens is 2. The monoisotopic (exact) mass is 305 g/mol. The Morgan fingerprint density at radius 3 is 1.75 bits per heavy atom. The number of nitrogens with two attached hydrogens (primary N) is 1. The van der Waals surface area contributed by atoms with E-state index in [-0.39, 0.29) is 0 Å². The average molecular weight is 306 g/mol. The van der Waals surface area contributed by atoms with Crippen molar-refractivity contribution >= 4 is 39.5 Å². The van der Waals surface area contributed by atoms with Crippen LogP contribution < -0.4 is 5.73 Å². The Labute approximate surface area is 103 Å². The summed E-state index contributed by atoms with van der Waals surface area (Å²) < 4.78 is 43.7. The molecule has 0 aliphatic heterocycles. The lowest BCUT2D eigenvalue weighted by atomic mass is 9.96. The second-order valence-electron chi connectivity index (χ2n) is 3.49. The first-order valence-corrected chi connectivity index (χ1v) is 8.62. The molecule has 0 bridgehead atoms. The predicted octanol–water partition coefficient (Wildman–Crippen LogP) is 0.663. The molecule has 1 rings (SSSR count). The van der Waals surface area contributed by atoms with Gasteiger partial charge in [-0.3, -0.25) is 0 Å². The summed E-state index contributed by atoms with van der Waals surface area (Å²) >= 11 is 0. The maximum Gasteiger partial charge on any atom is 0.256 e. The molecule has 9 heteroatoms. The van der Waals surface area contributed by atoms with Crippen LogP contribution in [-0.4, -0.2) is 26.5 Å². The van der Waals surface area contributed by atoms with E-state index >= 15 is 0 Å². The van der Waals surface area contributed by atoms with Crippen molar-refractivity contribution in [2.24, 2.45) is 5.73 Å². The molecular weight excluding hydrogens is 297 g/mol. The number of hydrogen-bond acceptors (Lipinski definition) is 5. The molecule has 0 amide bonds. The molecule has 0 heterocycles. The molecular formula is C7H9Cl2NO4S2. The molecule has 0 fully saturated rings. The molecule has 5 nitrogen and oxygen atoms in total. The molecule has 0 aromatic carbocycles. The summed E-state index contributed by atoms with van der Waals surface area (Å²) in [6.45, 7) is 1.09. The van der Waals surface area contributed by atoms with Gasteiger partial charge in [0.15, 0.2) is 4.87 Å². The van der Waals surface area contributed by atoms with E-state index in [1.165, 1.54) is 12.2 Å². The normalized spacial score (nSPS) is 35.2. The van der Waals surface area contributed by atoms with E-state index in [1.807, 2.05) is 0 Å². The van der Waals surface area contributed by atoms with Crippen molar-refractivity contribution in [3.05, 3.63) is 24.3 Å². The van der Waals surface area contributed by atoms with Crippen LogP contribution in [0.1, 0.15) is 6.92 Å². The largest absolute Gasteiger partial charge is 0.307 e. The van der Waals surface area contributed by atoms with Crippen LogP contribution in [0.4, 0.5) is 0 Å². The van der Waals surface area contributed by atoms with E-state index in [0.717, 1.165) is 19.1 Å². The number of allylic oxidation sites excluding steroid dienone is 2. The molecule has 0 radical (unpaired) electrons. The second-order valence-corrected chi connectivity index (χ2v) is 9.21. The first-order chi connectivity index (χ1) is 6.96. The fourth-order valence-electron chi connectivity index (χ4n) is 1.33. The van der Waals surface area contributed by atoms with Gasteiger partial charge in [-0.15, -0.1) is 0 Å². The fraction of sp³-hybridized carbons (Fsp3) is 0.429. The molecule has 2 N–H and O–H groups in total. The Balaban J connectivity index is 3.64. The summed E-state index contributed by atoms with van der Waals surface area (Å²) in [5.74, 6) is 0. The van der Waals surface area contributed by atoms with E-state index in [1.54, 1.807) is 0 Å². The fourth-order valence-corrected chi connectivity index (χ4v) is 4.92. The van der Waals surface area contributed by atoms with Crippen LogP contribution in [0.2, 0.25) is 0 Å². The number of hydrogen-bond donors (Lipinski definition) is 1. The maximum atomic E-state index is 11.4. The molecule has 0 aromatic rings. The molecule has 0 saturated heterocycles. The number of rotatable bonds is 2. The van der Waals surface area contributed by atoms with Gasteiger partial charge < -0.3 is 5.73 Å². The minimum absolute atomic E-state index is 0.995. The van der Waals surface area contributed by atoms with E-state index in [0.29, 0.717) is 0 Å². The Hall–Kier alpha value is -0.0800. The van der Waals surface area contributed by atoms with Crippen LogP contribution in [0.3, 0.4) is 0 Å². The van der Waals surface area contributed by atoms with Gasteiger partial charge in [0, 0.05) is 21.4 Å². The third-order valence-electron chi connectivity index (χ3n) is 2.55. The first kappa shape index (κ1) is 14.0.